The van der Waals surface area contributed by atoms with E-state index in [2.05, 4.69) is 12.2 Å². The van der Waals surface area contributed by atoms with Crippen molar-refractivity contribution in [3.05, 3.63) is 35.6 Å². The summed E-state index contributed by atoms with van der Waals surface area (Å²) in [5, 5.41) is 3.40. The molecule has 15 heavy (non-hydrogen) atoms. The number of hydrogen-bond acceptors (Lipinski definition) is 1. The smallest absolute Gasteiger partial charge is 0.127 e. The Morgan fingerprint density at radius 3 is 2.67 bits per heavy atom. The molecule has 0 radical (unpaired) electrons. The first-order valence-corrected chi connectivity index (χ1v) is 5.74. The Labute approximate surface area is 90.7 Å². The molecule has 0 aliphatic heterocycles. The molecule has 1 fully saturated rings. The number of hydrogen-bond donors (Lipinski definition) is 1. The molecule has 1 aliphatic rings. The molecule has 1 saturated carbocycles. The van der Waals surface area contributed by atoms with E-state index in [0.717, 1.165) is 37.9 Å². The molecule has 0 saturated heterocycles. The summed E-state index contributed by atoms with van der Waals surface area (Å²) in [6.07, 6.45) is 3.36. The third kappa shape index (κ3) is 2.20. The fourth-order valence-electron chi connectivity index (χ4n) is 2.09. The minimum absolute atomic E-state index is 0.0479. The maximum atomic E-state index is 13.6. The fourth-order valence-corrected chi connectivity index (χ4v) is 2.09. The van der Waals surface area contributed by atoms with Crippen LogP contribution in [0.1, 0.15) is 31.7 Å². The summed E-state index contributed by atoms with van der Waals surface area (Å²) in [6.45, 7) is 4.09. The van der Waals surface area contributed by atoms with Crippen molar-refractivity contribution < 1.29 is 4.39 Å². The van der Waals surface area contributed by atoms with Crippen LogP contribution in [-0.2, 0) is 5.41 Å². The summed E-state index contributed by atoms with van der Waals surface area (Å²) in [4.78, 5) is 0. The molecule has 0 amide bonds. The molecular weight excluding hydrogens is 189 g/mol. The molecule has 2 heteroatoms. The molecule has 0 spiro atoms. The first-order valence-electron chi connectivity index (χ1n) is 5.74. The zero-order valence-electron chi connectivity index (χ0n) is 9.22. The highest BCUT2D eigenvalue weighted by Crippen LogP contribution is 2.48. The van der Waals surface area contributed by atoms with Crippen LogP contribution in [0.15, 0.2) is 24.3 Å². The van der Waals surface area contributed by atoms with Crippen molar-refractivity contribution in [2.45, 2.75) is 31.6 Å². The van der Waals surface area contributed by atoms with Gasteiger partial charge in [-0.05, 0) is 37.4 Å². The topological polar surface area (TPSA) is 12.0 Å². The average Bonchev–Trinajstić information content (AvgIpc) is 3.00. The molecule has 0 atom stereocenters. The number of halogens is 1. The predicted molar refractivity (Wildman–Crippen MR) is 60.5 cm³/mol. The van der Waals surface area contributed by atoms with E-state index in [1.165, 1.54) is 0 Å². The summed E-state index contributed by atoms with van der Waals surface area (Å²) in [6, 6.07) is 7.18. The highest BCUT2D eigenvalue weighted by Gasteiger charge is 2.45. The second-order valence-corrected chi connectivity index (χ2v) is 4.44. The van der Waals surface area contributed by atoms with Crippen molar-refractivity contribution >= 4 is 0 Å². The molecule has 0 aromatic heterocycles. The zero-order chi connectivity index (χ0) is 10.7. The van der Waals surface area contributed by atoms with Gasteiger partial charge in [0.25, 0.3) is 0 Å². The molecule has 2 rings (SSSR count). The second kappa shape index (κ2) is 4.31. The zero-order valence-corrected chi connectivity index (χ0v) is 9.22. The molecule has 1 aromatic rings. The van der Waals surface area contributed by atoms with E-state index in [-0.39, 0.29) is 11.2 Å². The summed E-state index contributed by atoms with van der Waals surface area (Å²) in [5.41, 5.74) is 0.995. The standard InChI is InChI=1S/C13H18FN/c1-2-9-15-10-13(7-8-13)11-5-3-4-6-12(11)14/h3-6,15H,2,7-10H2,1H3. The van der Waals surface area contributed by atoms with E-state index in [1.54, 1.807) is 12.1 Å². The fraction of sp³-hybridized carbons (Fsp3) is 0.538. The average molecular weight is 207 g/mol. The Kier molecular flexibility index (Phi) is 3.06. The van der Waals surface area contributed by atoms with Crippen LogP contribution in [0, 0.1) is 5.82 Å². The number of benzene rings is 1. The maximum absolute atomic E-state index is 13.6. The van der Waals surface area contributed by atoms with E-state index in [0.29, 0.717) is 0 Å². The molecule has 0 bridgehead atoms. The maximum Gasteiger partial charge on any atom is 0.127 e. The SMILES string of the molecule is CCCNCC1(c2ccccc2F)CC1. The lowest BCUT2D eigenvalue weighted by Gasteiger charge is -2.16. The largest absolute Gasteiger partial charge is 0.316 e. The van der Waals surface area contributed by atoms with E-state index >= 15 is 0 Å². The van der Waals surface area contributed by atoms with Crippen LogP contribution < -0.4 is 5.32 Å². The van der Waals surface area contributed by atoms with Gasteiger partial charge in [0.1, 0.15) is 5.82 Å². The van der Waals surface area contributed by atoms with Crippen LogP contribution in [0.5, 0.6) is 0 Å². The molecule has 1 aromatic carbocycles. The minimum Gasteiger partial charge on any atom is -0.316 e. The van der Waals surface area contributed by atoms with Gasteiger partial charge in [0.2, 0.25) is 0 Å². The lowest BCUT2D eigenvalue weighted by Crippen LogP contribution is -2.28. The molecule has 1 aliphatic carbocycles. The van der Waals surface area contributed by atoms with E-state index < -0.39 is 0 Å². The highest BCUT2D eigenvalue weighted by atomic mass is 19.1. The van der Waals surface area contributed by atoms with Crippen LogP contribution in [0.3, 0.4) is 0 Å². The lowest BCUT2D eigenvalue weighted by atomic mass is 9.95. The first-order chi connectivity index (χ1) is 7.28. The Bertz CT molecular complexity index is 331. The molecule has 0 heterocycles. The van der Waals surface area contributed by atoms with Gasteiger partial charge in [0.15, 0.2) is 0 Å². The quantitative estimate of drug-likeness (QED) is 0.732. The van der Waals surface area contributed by atoms with Crippen molar-refractivity contribution in [2.24, 2.45) is 0 Å². The predicted octanol–water partition coefficient (Wildman–Crippen LogP) is 2.86. The highest BCUT2D eigenvalue weighted by molar-refractivity contribution is 5.33. The van der Waals surface area contributed by atoms with Crippen LogP contribution in [0.25, 0.3) is 0 Å². The monoisotopic (exact) mass is 207 g/mol. The van der Waals surface area contributed by atoms with Crippen molar-refractivity contribution in [1.29, 1.82) is 0 Å². The van der Waals surface area contributed by atoms with Gasteiger partial charge in [-0.25, -0.2) is 4.39 Å². The van der Waals surface area contributed by atoms with E-state index in [1.807, 2.05) is 12.1 Å². The van der Waals surface area contributed by atoms with Gasteiger partial charge in [-0.1, -0.05) is 25.1 Å². The van der Waals surface area contributed by atoms with Crippen molar-refractivity contribution in [1.82, 2.24) is 5.32 Å². The van der Waals surface area contributed by atoms with Crippen LogP contribution >= 0.6 is 0 Å². The summed E-state index contributed by atoms with van der Waals surface area (Å²) < 4.78 is 13.6. The Balaban J connectivity index is 2.06. The normalized spacial score (nSPS) is 17.7. The third-order valence-corrected chi connectivity index (χ3v) is 3.19. The van der Waals surface area contributed by atoms with Gasteiger partial charge in [0.05, 0.1) is 0 Å². The minimum atomic E-state index is -0.0479. The van der Waals surface area contributed by atoms with Crippen molar-refractivity contribution in [3.63, 3.8) is 0 Å². The molecule has 1 N–H and O–H groups in total. The van der Waals surface area contributed by atoms with Crippen LogP contribution in [0.2, 0.25) is 0 Å². The Morgan fingerprint density at radius 1 is 1.33 bits per heavy atom. The number of rotatable bonds is 5. The van der Waals surface area contributed by atoms with E-state index in [9.17, 15) is 4.39 Å². The summed E-state index contributed by atoms with van der Waals surface area (Å²) >= 11 is 0. The van der Waals surface area contributed by atoms with Gasteiger partial charge in [0, 0.05) is 12.0 Å². The molecule has 1 nitrogen and oxygen atoms in total. The molecule has 82 valence electrons. The van der Waals surface area contributed by atoms with Gasteiger partial charge < -0.3 is 5.32 Å². The Hall–Kier alpha value is -0.890. The lowest BCUT2D eigenvalue weighted by molar-refractivity contribution is 0.530. The third-order valence-electron chi connectivity index (χ3n) is 3.19. The molecular formula is C13H18FN. The van der Waals surface area contributed by atoms with Gasteiger partial charge in [-0.15, -0.1) is 0 Å². The van der Waals surface area contributed by atoms with E-state index in [4.69, 9.17) is 0 Å². The van der Waals surface area contributed by atoms with Crippen molar-refractivity contribution in [2.75, 3.05) is 13.1 Å². The number of nitrogens with one attached hydrogen (secondary N) is 1. The first kappa shape index (κ1) is 10.6. The summed E-state index contributed by atoms with van der Waals surface area (Å²) in [5.74, 6) is -0.0479. The van der Waals surface area contributed by atoms with Crippen molar-refractivity contribution in [3.8, 4) is 0 Å². The van der Waals surface area contributed by atoms with Gasteiger partial charge in [-0.2, -0.15) is 0 Å². The molecule has 0 unspecified atom stereocenters. The van der Waals surface area contributed by atoms with Crippen LogP contribution in [-0.4, -0.2) is 13.1 Å². The van der Waals surface area contributed by atoms with Gasteiger partial charge in [-0.3, -0.25) is 0 Å². The Morgan fingerprint density at radius 2 is 2.07 bits per heavy atom. The second-order valence-electron chi connectivity index (χ2n) is 4.44. The van der Waals surface area contributed by atoms with Crippen LogP contribution in [0.4, 0.5) is 4.39 Å². The summed E-state index contributed by atoms with van der Waals surface area (Å²) in [7, 11) is 0. The van der Waals surface area contributed by atoms with Gasteiger partial charge >= 0.3 is 0 Å².